The Bertz CT molecular complexity index is 720. The maximum Gasteiger partial charge on any atom is 0.261 e. The molecule has 1 N–H and O–H groups in total. The van der Waals surface area contributed by atoms with Gasteiger partial charge in [0.25, 0.3) is 11.8 Å². The maximum absolute atomic E-state index is 12.3. The minimum absolute atomic E-state index is 0.0320. The average Bonchev–Trinajstić information content (AvgIpc) is 3.02. The zero-order chi connectivity index (χ0) is 15.2. The van der Waals surface area contributed by atoms with Gasteiger partial charge in [-0.15, -0.1) is 0 Å². The number of amides is 2. The van der Waals surface area contributed by atoms with Gasteiger partial charge >= 0.3 is 0 Å². The van der Waals surface area contributed by atoms with E-state index < -0.39 is 21.8 Å². The number of nitrogens with zero attached hydrogens (tertiary/aromatic N) is 1. The van der Waals surface area contributed by atoms with Crippen molar-refractivity contribution in [2.45, 2.75) is 36.6 Å². The SMILES string of the molecule is CN1C(=O)c2ccc(S(=O)(=O)NC3CCCC3)cc2C1=O. The van der Waals surface area contributed by atoms with Crippen molar-refractivity contribution in [1.29, 1.82) is 0 Å². The van der Waals surface area contributed by atoms with E-state index >= 15 is 0 Å². The van der Waals surface area contributed by atoms with E-state index in [-0.39, 0.29) is 22.1 Å². The van der Waals surface area contributed by atoms with Gasteiger partial charge in [-0.3, -0.25) is 14.5 Å². The molecule has 0 bridgehead atoms. The first-order chi connectivity index (χ1) is 9.90. The highest BCUT2D eigenvalue weighted by molar-refractivity contribution is 7.89. The molecule has 1 aliphatic carbocycles. The Labute approximate surface area is 123 Å². The van der Waals surface area contributed by atoms with Crippen molar-refractivity contribution < 1.29 is 18.0 Å². The summed E-state index contributed by atoms with van der Waals surface area (Å²) in [5.74, 6) is -0.865. The fraction of sp³-hybridized carbons (Fsp3) is 0.429. The number of sulfonamides is 1. The molecule has 3 rings (SSSR count). The van der Waals surface area contributed by atoms with Crippen molar-refractivity contribution in [1.82, 2.24) is 9.62 Å². The number of imide groups is 1. The molecule has 1 heterocycles. The summed E-state index contributed by atoms with van der Waals surface area (Å²) >= 11 is 0. The second kappa shape index (κ2) is 4.92. The van der Waals surface area contributed by atoms with Crippen LogP contribution in [-0.4, -0.2) is 38.2 Å². The van der Waals surface area contributed by atoms with Crippen molar-refractivity contribution >= 4 is 21.8 Å². The van der Waals surface area contributed by atoms with Gasteiger partial charge < -0.3 is 0 Å². The van der Waals surface area contributed by atoms with Gasteiger partial charge in [0, 0.05) is 13.1 Å². The summed E-state index contributed by atoms with van der Waals surface area (Å²) in [6.45, 7) is 0. The predicted octanol–water partition coefficient (Wildman–Crippen LogP) is 1.13. The third-order valence-corrected chi connectivity index (χ3v) is 5.57. The summed E-state index contributed by atoms with van der Waals surface area (Å²) in [5, 5.41) is 0. The number of hydrogen-bond acceptors (Lipinski definition) is 4. The molecule has 6 nitrogen and oxygen atoms in total. The van der Waals surface area contributed by atoms with Crippen LogP contribution in [0, 0.1) is 0 Å². The molecule has 1 saturated carbocycles. The van der Waals surface area contributed by atoms with E-state index in [0.717, 1.165) is 30.6 Å². The first-order valence-electron chi connectivity index (χ1n) is 6.89. The Morgan fingerprint density at radius 1 is 1.10 bits per heavy atom. The van der Waals surface area contributed by atoms with Crippen molar-refractivity contribution in [3.05, 3.63) is 29.3 Å². The predicted molar refractivity (Wildman–Crippen MR) is 75.4 cm³/mol. The fourth-order valence-electron chi connectivity index (χ4n) is 2.84. The molecule has 0 spiro atoms. The van der Waals surface area contributed by atoms with E-state index in [0.29, 0.717) is 0 Å². The van der Waals surface area contributed by atoms with Gasteiger partial charge in [-0.05, 0) is 31.0 Å². The molecule has 7 heteroatoms. The third kappa shape index (κ3) is 2.36. The molecule has 0 atom stereocenters. The van der Waals surface area contributed by atoms with E-state index in [2.05, 4.69) is 4.72 Å². The Hall–Kier alpha value is -1.73. The van der Waals surface area contributed by atoms with Crippen LogP contribution in [0.5, 0.6) is 0 Å². The van der Waals surface area contributed by atoms with Crippen LogP contribution in [0.3, 0.4) is 0 Å². The number of nitrogens with one attached hydrogen (secondary N) is 1. The number of hydrogen-bond donors (Lipinski definition) is 1. The largest absolute Gasteiger partial charge is 0.277 e. The van der Waals surface area contributed by atoms with Gasteiger partial charge in [0.15, 0.2) is 0 Å². The lowest BCUT2D eigenvalue weighted by atomic mass is 10.1. The third-order valence-electron chi connectivity index (χ3n) is 4.05. The first kappa shape index (κ1) is 14.2. The molecule has 1 fully saturated rings. The van der Waals surface area contributed by atoms with Crippen LogP contribution in [0.1, 0.15) is 46.4 Å². The highest BCUT2D eigenvalue weighted by Crippen LogP contribution is 2.26. The van der Waals surface area contributed by atoms with Crippen molar-refractivity contribution in [2.24, 2.45) is 0 Å². The van der Waals surface area contributed by atoms with E-state index in [9.17, 15) is 18.0 Å². The van der Waals surface area contributed by atoms with Gasteiger partial charge in [-0.1, -0.05) is 12.8 Å². The monoisotopic (exact) mass is 308 g/mol. The molecule has 21 heavy (non-hydrogen) atoms. The Balaban J connectivity index is 1.94. The lowest BCUT2D eigenvalue weighted by Gasteiger charge is -2.12. The van der Waals surface area contributed by atoms with Crippen LogP contribution in [0.25, 0.3) is 0 Å². The smallest absolute Gasteiger partial charge is 0.261 e. The highest BCUT2D eigenvalue weighted by Gasteiger charge is 2.34. The summed E-state index contributed by atoms with van der Waals surface area (Å²) < 4.78 is 27.3. The first-order valence-corrected chi connectivity index (χ1v) is 8.37. The molecular weight excluding hydrogens is 292 g/mol. The molecule has 1 aromatic carbocycles. The van der Waals surface area contributed by atoms with Gasteiger partial charge in [-0.2, -0.15) is 0 Å². The molecular formula is C14H16N2O4S. The quantitative estimate of drug-likeness (QED) is 0.849. The van der Waals surface area contributed by atoms with Crippen LogP contribution in [0.2, 0.25) is 0 Å². The van der Waals surface area contributed by atoms with Crippen LogP contribution in [0.15, 0.2) is 23.1 Å². The standard InChI is InChI=1S/C14H16N2O4S/c1-16-13(17)11-7-6-10(8-12(11)14(16)18)21(19,20)15-9-4-2-3-5-9/h6-9,15H,2-5H2,1H3. The van der Waals surface area contributed by atoms with Crippen molar-refractivity contribution in [3.8, 4) is 0 Å². The zero-order valence-corrected chi connectivity index (χ0v) is 12.4. The van der Waals surface area contributed by atoms with Gasteiger partial charge in [0.1, 0.15) is 0 Å². The molecule has 112 valence electrons. The van der Waals surface area contributed by atoms with Crippen LogP contribution in [-0.2, 0) is 10.0 Å². The van der Waals surface area contributed by atoms with Crippen LogP contribution < -0.4 is 4.72 Å². The van der Waals surface area contributed by atoms with E-state index in [1.807, 2.05) is 0 Å². The maximum atomic E-state index is 12.3. The minimum Gasteiger partial charge on any atom is -0.277 e. The molecule has 1 aliphatic heterocycles. The molecule has 0 unspecified atom stereocenters. The summed E-state index contributed by atoms with van der Waals surface area (Å²) in [6, 6.07) is 4.03. The lowest BCUT2D eigenvalue weighted by molar-refractivity contribution is 0.0693. The summed E-state index contributed by atoms with van der Waals surface area (Å²) in [6.07, 6.45) is 3.72. The topological polar surface area (TPSA) is 83.6 Å². The fourth-order valence-corrected chi connectivity index (χ4v) is 4.17. The Kier molecular flexibility index (Phi) is 3.33. The molecule has 2 aliphatic rings. The Morgan fingerprint density at radius 2 is 1.71 bits per heavy atom. The number of benzene rings is 1. The highest BCUT2D eigenvalue weighted by atomic mass is 32.2. The van der Waals surface area contributed by atoms with Crippen LogP contribution >= 0.6 is 0 Å². The average molecular weight is 308 g/mol. The second-order valence-corrected chi connectivity index (χ2v) is 7.19. The molecule has 1 aromatic rings. The number of fused-ring (bicyclic) bond motifs is 1. The minimum atomic E-state index is -3.66. The Morgan fingerprint density at radius 3 is 2.38 bits per heavy atom. The molecule has 0 aromatic heterocycles. The van der Waals surface area contributed by atoms with E-state index in [4.69, 9.17) is 0 Å². The van der Waals surface area contributed by atoms with E-state index in [1.54, 1.807) is 0 Å². The number of rotatable bonds is 3. The van der Waals surface area contributed by atoms with Crippen molar-refractivity contribution in [2.75, 3.05) is 7.05 Å². The van der Waals surface area contributed by atoms with E-state index in [1.165, 1.54) is 25.2 Å². The van der Waals surface area contributed by atoms with Crippen molar-refractivity contribution in [3.63, 3.8) is 0 Å². The van der Waals surface area contributed by atoms with Crippen LogP contribution in [0.4, 0.5) is 0 Å². The number of carbonyl (C=O) groups excluding carboxylic acids is 2. The number of carbonyl (C=O) groups is 2. The van der Waals surface area contributed by atoms with Gasteiger partial charge in [-0.25, -0.2) is 13.1 Å². The summed E-state index contributed by atoms with van der Waals surface area (Å²) in [5.41, 5.74) is 0.402. The molecule has 0 saturated heterocycles. The second-order valence-electron chi connectivity index (χ2n) is 5.48. The van der Waals surface area contributed by atoms with Gasteiger partial charge in [0.2, 0.25) is 10.0 Å². The van der Waals surface area contributed by atoms with Gasteiger partial charge in [0.05, 0.1) is 16.0 Å². The zero-order valence-electron chi connectivity index (χ0n) is 11.6. The summed E-state index contributed by atoms with van der Waals surface area (Å²) in [7, 11) is -2.27. The molecule has 2 amide bonds. The summed E-state index contributed by atoms with van der Waals surface area (Å²) in [4.78, 5) is 24.7. The molecule has 0 radical (unpaired) electrons. The normalized spacial score (nSPS) is 19.4. The lowest BCUT2D eigenvalue weighted by Crippen LogP contribution is -2.32.